The van der Waals surface area contributed by atoms with Crippen molar-refractivity contribution in [1.82, 2.24) is 10.2 Å². The quantitative estimate of drug-likeness (QED) is 0.835. The Labute approximate surface area is 137 Å². The average molecular weight is 323 g/mol. The SMILES string of the molecule is CCNC(=S)N(Cc1ccc(Cl)cc1)C1CC2CCC1C2. The van der Waals surface area contributed by atoms with Crippen LogP contribution in [0.3, 0.4) is 0 Å². The first kappa shape index (κ1) is 15.1. The molecule has 2 fully saturated rings. The molecule has 4 heteroatoms. The predicted molar refractivity (Wildman–Crippen MR) is 92.5 cm³/mol. The van der Waals surface area contributed by atoms with Crippen molar-refractivity contribution >= 4 is 28.9 Å². The smallest absolute Gasteiger partial charge is 0.169 e. The summed E-state index contributed by atoms with van der Waals surface area (Å²) in [5, 5.41) is 5.04. The average Bonchev–Trinajstić information content (AvgIpc) is 3.09. The summed E-state index contributed by atoms with van der Waals surface area (Å²) in [6, 6.07) is 8.76. The van der Waals surface area contributed by atoms with Crippen LogP contribution in [0.2, 0.25) is 5.02 Å². The minimum Gasteiger partial charge on any atom is -0.363 e. The highest BCUT2D eigenvalue weighted by molar-refractivity contribution is 7.80. The molecule has 2 nitrogen and oxygen atoms in total. The zero-order valence-corrected chi connectivity index (χ0v) is 14.1. The lowest BCUT2D eigenvalue weighted by Gasteiger charge is -2.36. The van der Waals surface area contributed by atoms with Gasteiger partial charge < -0.3 is 10.2 Å². The van der Waals surface area contributed by atoms with E-state index in [0.29, 0.717) is 6.04 Å². The van der Waals surface area contributed by atoms with Crippen LogP contribution in [0.15, 0.2) is 24.3 Å². The van der Waals surface area contributed by atoms with Crippen molar-refractivity contribution in [3.05, 3.63) is 34.9 Å². The monoisotopic (exact) mass is 322 g/mol. The first-order valence-corrected chi connectivity index (χ1v) is 8.75. The largest absolute Gasteiger partial charge is 0.363 e. The third-order valence-corrected chi connectivity index (χ3v) is 5.59. The van der Waals surface area contributed by atoms with Gasteiger partial charge in [-0.05, 0) is 67.9 Å². The molecule has 1 aromatic rings. The molecule has 2 bridgehead atoms. The number of halogens is 1. The van der Waals surface area contributed by atoms with Crippen LogP contribution in [0.4, 0.5) is 0 Å². The third-order valence-electron chi connectivity index (χ3n) is 4.96. The lowest BCUT2D eigenvalue weighted by Crippen LogP contribution is -2.47. The second-order valence-electron chi connectivity index (χ2n) is 6.33. The summed E-state index contributed by atoms with van der Waals surface area (Å²) in [4.78, 5) is 2.42. The molecular weight excluding hydrogens is 300 g/mol. The van der Waals surface area contributed by atoms with Crippen LogP contribution in [0, 0.1) is 11.8 Å². The minimum atomic E-state index is 0.617. The molecule has 21 heavy (non-hydrogen) atoms. The predicted octanol–water partition coefficient (Wildman–Crippen LogP) is 4.23. The molecule has 1 N–H and O–H groups in total. The van der Waals surface area contributed by atoms with Crippen molar-refractivity contribution < 1.29 is 0 Å². The summed E-state index contributed by atoms with van der Waals surface area (Å²) in [6.45, 7) is 3.88. The van der Waals surface area contributed by atoms with Gasteiger partial charge in [-0.3, -0.25) is 0 Å². The Bertz CT molecular complexity index is 502. The van der Waals surface area contributed by atoms with Crippen LogP contribution in [0.5, 0.6) is 0 Å². The maximum absolute atomic E-state index is 5.99. The maximum Gasteiger partial charge on any atom is 0.169 e. The number of hydrogen-bond acceptors (Lipinski definition) is 1. The van der Waals surface area contributed by atoms with E-state index in [9.17, 15) is 0 Å². The van der Waals surface area contributed by atoms with Gasteiger partial charge in [0.05, 0.1) is 0 Å². The van der Waals surface area contributed by atoms with Crippen molar-refractivity contribution in [3.8, 4) is 0 Å². The highest BCUT2D eigenvalue weighted by Crippen LogP contribution is 2.47. The molecule has 0 aromatic heterocycles. The molecule has 2 aliphatic carbocycles. The number of thiocarbonyl (C=S) groups is 1. The van der Waals surface area contributed by atoms with Gasteiger partial charge in [-0.25, -0.2) is 0 Å². The fraction of sp³-hybridized carbons (Fsp3) is 0.588. The lowest BCUT2D eigenvalue weighted by molar-refractivity contribution is 0.218. The zero-order chi connectivity index (χ0) is 14.8. The Morgan fingerprint density at radius 2 is 2.05 bits per heavy atom. The zero-order valence-electron chi connectivity index (χ0n) is 12.5. The summed E-state index contributed by atoms with van der Waals surface area (Å²) in [5.74, 6) is 1.76. The van der Waals surface area contributed by atoms with Crippen LogP contribution >= 0.6 is 23.8 Å². The Morgan fingerprint density at radius 3 is 2.62 bits per heavy atom. The Kier molecular flexibility index (Phi) is 4.70. The third kappa shape index (κ3) is 3.35. The fourth-order valence-corrected chi connectivity index (χ4v) is 4.44. The normalized spacial score (nSPS) is 26.9. The second-order valence-corrected chi connectivity index (χ2v) is 7.16. The molecule has 0 aliphatic heterocycles. The van der Waals surface area contributed by atoms with E-state index in [1.165, 1.54) is 31.2 Å². The summed E-state index contributed by atoms with van der Waals surface area (Å²) < 4.78 is 0. The number of nitrogens with one attached hydrogen (secondary N) is 1. The van der Waals surface area contributed by atoms with E-state index in [4.69, 9.17) is 23.8 Å². The molecule has 2 saturated carbocycles. The first-order valence-electron chi connectivity index (χ1n) is 7.96. The van der Waals surface area contributed by atoms with Crippen molar-refractivity contribution in [2.24, 2.45) is 11.8 Å². The maximum atomic E-state index is 5.99. The van der Waals surface area contributed by atoms with Gasteiger partial charge in [-0.1, -0.05) is 30.2 Å². The first-order chi connectivity index (χ1) is 10.2. The van der Waals surface area contributed by atoms with Crippen molar-refractivity contribution in [3.63, 3.8) is 0 Å². The topological polar surface area (TPSA) is 15.3 Å². The lowest BCUT2D eigenvalue weighted by atomic mass is 9.94. The molecule has 0 heterocycles. The van der Waals surface area contributed by atoms with Crippen LogP contribution in [0.1, 0.15) is 38.2 Å². The highest BCUT2D eigenvalue weighted by atomic mass is 35.5. The number of hydrogen-bond donors (Lipinski definition) is 1. The number of fused-ring (bicyclic) bond motifs is 2. The fourth-order valence-electron chi connectivity index (χ4n) is 3.97. The standard InChI is InChI=1S/C17H23ClN2S/c1-2-19-17(21)20(11-12-4-7-15(18)8-5-12)16-10-13-3-6-14(16)9-13/h4-5,7-8,13-14,16H,2-3,6,9-11H2,1H3,(H,19,21). The van der Waals surface area contributed by atoms with Crippen molar-refractivity contribution in [2.45, 2.75) is 45.2 Å². The molecule has 3 rings (SSSR count). The molecule has 0 amide bonds. The van der Waals surface area contributed by atoms with E-state index in [1.807, 2.05) is 12.1 Å². The molecule has 2 aliphatic rings. The van der Waals surface area contributed by atoms with E-state index < -0.39 is 0 Å². The highest BCUT2D eigenvalue weighted by Gasteiger charge is 2.42. The van der Waals surface area contributed by atoms with Gasteiger partial charge in [-0.2, -0.15) is 0 Å². The van der Waals surface area contributed by atoms with Gasteiger partial charge in [0.25, 0.3) is 0 Å². The summed E-state index contributed by atoms with van der Waals surface area (Å²) in [7, 11) is 0. The van der Waals surface area contributed by atoms with Gasteiger partial charge >= 0.3 is 0 Å². The van der Waals surface area contributed by atoms with E-state index in [2.05, 4.69) is 29.3 Å². The van der Waals surface area contributed by atoms with Gasteiger partial charge in [-0.15, -0.1) is 0 Å². The molecule has 0 saturated heterocycles. The van der Waals surface area contributed by atoms with Crippen LogP contribution < -0.4 is 5.32 Å². The number of rotatable bonds is 4. The van der Waals surface area contributed by atoms with E-state index in [0.717, 1.165) is 35.1 Å². The summed E-state index contributed by atoms with van der Waals surface area (Å²) >= 11 is 11.6. The van der Waals surface area contributed by atoms with Gasteiger partial charge in [0.15, 0.2) is 5.11 Å². The summed E-state index contributed by atoms with van der Waals surface area (Å²) in [5.41, 5.74) is 1.28. The van der Waals surface area contributed by atoms with E-state index >= 15 is 0 Å². The Hall–Kier alpha value is -0.800. The Morgan fingerprint density at radius 1 is 1.29 bits per heavy atom. The molecule has 3 atom stereocenters. The van der Waals surface area contributed by atoms with E-state index in [-0.39, 0.29) is 0 Å². The van der Waals surface area contributed by atoms with Crippen LogP contribution in [0.25, 0.3) is 0 Å². The van der Waals surface area contributed by atoms with E-state index in [1.54, 1.807) is 0 Å². The molecule has 0 spiro atoms. The minimum absolute atomic E-state index is 0.617. The molecule has 0 radical (unpaired) electrons. The van der Waals surface area contributed by atoms with Crippen molar-refractivity contribution in [2.75, 3.05) is 6.54 Å². The second kappa shape index (κ2) is 6.53. The summed E-state index contributed by atoms with van der Waals surface area (Å²) in [6.07, 6.45) is 5.51. The molecule has 1 aromatic carbocycles. The Balaban J connectivity index is 1.75. The molecule has 114 valence electrons. The van der Waals surface area contributed by atoms with Crippen molar-refractivity contribution in [1.29, 1.82) is 0 Å². The van der Waals surface area contributed by atoms with Gasteiger partial charge in [0.1, 0.15) is 0 Å². The number of benzene rings is 1. The molecule has 3 unspecified atom stereocenters. The molecular formula is C17H23ClN2S. The van der Waals surface area contributed by atoms with Gasteiger partial charge in [0.2, 0.25) is 0 Å². The van der Waals surface area contributed by atoms with Gasteiger partial charge in [0, 0.05) is 24.2 Å². The van der Waals surface area contributed by atoms with Crippen LogP contribution in [-0.4, -0.2) is 22.6 Å². The van der Waals surface area contributed by atoms with Crippen LogP contribution in [-0.2, 0) is 6.54 Å². The number of nitrogens with zero attached hydrogens (tertiary/aromatic N) is 1.